The molecule has 1 aromatic heterocycles. The second-order valence-electron chi connectivity index (χ2n) is 2.36. The lowest BCUT2D eigenvalue weighted by Crippen LogP contribution is -1.98. The summed E-state index contributed by atoms with van der Waals surface area (Å²) >= 11 is 2.69. The molecule has 2 nitrogen and oxygen atoms in total. The lowest BCUT2D eigenvalue weighted by molar-refractivity contribution is 0.0769. The third-order valence-corrected chi connectivity index (χ3v) is 2.70. The van der Waals surface area contributed by atoms with Crippen LogP contribution in [0.1, 0.15) is 20.1 Å². The van der Waals surface area contributed by atoms with Gasteiger partial charge < -0.3 is 4.18 Å². The van der Waals surface area contributed by atoms with Crippen molar-refractivity contribution in [1.29, 1.82) is 0 Å². The van der Waals surface area contributed by atoms with E-state index >= 15 is 0 Å². The van der Waals surface area contributed by atoms with Crippen molar-refractivity contribution in [3.05, 3.63) is 21.4 Å². The number of rotatable bonds is 2. The lowest BCUT2D eigenvalue weighted by Gasteiger charge is -1.96. The van der Waals surface area contributed by atoms with Gasteiger partial charge in [-0.2, -0.15) is 0 Å². The van der Waals surface area contributed by atoms with Crippen LogP contribution in [-0.4, -0.2) is 12.2 Å². The minimum Gasteiger partial charge on any atom is -0.388 e. The van der Waals surface area contributed by atoms with Gasteiger partial charge in [-0.1, -0.05) is 0 Å². The van der Waals surface area contributed by atoms with Crippen molar-refractivity contribution in [3.8, 4) is 0 Å². The second kappa shape index (κ2) is 3.96. The molecule has 0 aliphatic rings. The molecule has 0 saturated carbocycles. The van der Waals surface area contributed by atoms with E-state index in [2.05, 4.69) is 0 Å². The fourth-order valence-electron chi connectivity index (χ4n) is 0.954. The zero-order chi connectivity index (χ0) is 9.14. The summed E-state index contributed by atoms with van der Waals surface area (Å²) in [5, 5.41) is 0. The Balaban J connectivity index is 2.87. The van der Waals surface area contributed by atoms with Crippen LogP contribution in [0.5, 0.6) is 0 Å². The van der Waals surface area contributed by atoms with E-state index in [0.717, 1.165) is 21.8 Å². The van der Waals surface area contributed by atoms with E-state index in [0.29, 0.717) is 5.56 Å². The van der Waals surface area contributed by atoms with E-state index in [1.165, 1.54) is 0 Å². The SMILES string of the molecule is CSOC(=O)c1cc(C)sc1C. The molecule has 66 valence electrons. The first-order valence-corrected chi connectivity index (χ1v) is 5.44. The first-order valence-electron chi connectivity index (χ1n) is 3.47. The molecule has 0 aromatic carbocycles. The van der Waals surface area contributed by atoms with E-state index in [-0.39, 0.29) is 5.97 Å². The Morgan fingerprint density at radius 3 is 2.67 bits per heavy atom. The van der Waals surface area contributed by atoms with Gasteiger partial charge >= 0.3 is 5.97 Å². The van der Waals surface area contributed by atoms with Crippen LogP contribution < -0.4 is 0 Å². The summed E-state index contributed by atoms with van der Waals surface area (Å²) in [6, 6.07) is 1.86. The predicted octanol–water partition coefficient (Wildman–Crippen LogP) is 2.80. The van der Waals surface area contributed by atoms with E-state index in [4.69, 9.17) is 4.18 Å². The van der Waals surface area contributed by atoms with Crippen molar-refractivity contribution in [2.45, 2.75) is 13.8 Å². The summed E-state index contributed by atoms with van der Waals surface area (Å²) in [5.41, 5.74) is 0.687. The monoisotopic (exact) mass is 202 g/mol. The molecule has 0 fully saturated rings. The molecular formula is C8H10O2S2. The first-order chi connectivity index (χ1) is 5.65. The van der Waals surface area contributed by atoms with Crippen molar-refractivity contribution < 1.29 is 8.98 Å². The number of aryl methyl sites for hydroxylation is 2. The Hall–Kier alpha value is -0.480. The summed E-state index contributed by atoms with van der Waals surface area (Å²) < 4.78 is 4.81. The summed E-state index contributed by atoms with van der Waals surface area (Å²) in [7, 11) is 0. The molecule has 1 rings (SSSR count). The molecule has 1 aromatic rings. The molecule has 0 amide bonds. The highest BCUT2D eigenvalue weighted by atomic mass is 32.2. The van der Waals surface area contributed by atoms with E-state index < -0.39 is 0 Å². The number of carbonyl (C=O) groups excluding carboxylic acids is 1. The highest BCUT2D eigenvalue weighted by Crippen LogP contribution is 2.22. The first kappa shape index (κ1) is 9.61. The maximum atomic E-state index is 11.2. The standard InChI is InChI=1S/C8H10O2S2/c1-5-4-7(6(2)12-5)8(9)10-11-3/h4H,1-3H3. The van der Waals surface area contributed by atoms with Crippen molar-refractivity contribution in [2.24, 2.45) is 0 Å². The van der Waals surface area contributed by atoms with Gasteiger partial charge in [0.25, 0.3) is 0 Å². The normalized spacial score (nSPS) is 9.92. The third kappa shape index (κ3) is 2.01. The number of hydrogen-bond acceptors (Lipinski definition) is 4. The van der Waals surface area contributed by atoms with E-state index in [1.807, 2.05) is 19.9 Å². The van der Waals surface area contributed by atoms with Crippen molar-refractivity contribution in [3.63, 3.8) is 0 Å². The van der Waals surface area contributed by atoms with Crippen LogP contribution in [0.2, 0.25) is 0 Å². The minimum atomic E-state index is -0.246. The Morgan fingerprint density at radius 1 is 1.58 bits per heavy atom. The molecule has 4 heteroatoms. The van der Waals surface area contributed by atoms with Crippen LogP contribution in [-0.2, 0) is 4.18 Å². The van der Waals surface area contributed by atoms with Gasteiger partial charge in [-0.05, 0) is 19.9 Å². The second-order valence-corrected chi connectivity index (χ2v) is 4.32. The van der Waals surface area contributed by atoms with Crippen LogP contribution >= 0.6 is 23.4 Å². The molecular weight excluding hydrogens is 192 g/mol. The number of hydrogen-bond donors (Lipinski definition) is 0. The van der Waals surface area contributed by atoms with Gasteiger partial charge in [0.2, 0.25) is 0 Å². The summed E-state index contributed by atoms with van der Waals surface area (Å²) in [6.45, 7) is 3.90. The lowest BCUT2D eigenvalue weighted by atomic mass is 10.2. The van der Waals surface area contributed by atoms with Crippen LogP contribution in [0.4, 0.5) is 0 Å². The topological polar surface area (TPSA) is 26.3 Å². The number of carbonyl (C=O) groups is 1. The van der Waals surface area contributed by atoms with Gasteiger partial charge in [0, 0.05) is 16.0 Å². The van der Waals surface area contributed by atoms with Crippen molar-refractivity contribution >= 4 is 29.3 Å². The molecule has 1 heterocycles. The highest BCUT2D eigenvalue weighted by molar-refractivity contribution is 7.94. The van der Waals surface area contributed by atoms with Crippen LogP contribution in [0.15, 0.2) is 6.07 Å². The Morgan fingerprint density at radius 2 is 2.25 bits per heavy atom. The van der Waals surface area contributed by atoms with E-state index in [1.54, 1.807) is 17.6 Å². The molecule has 0 aliphatic carbocycles. The van der Waals surface area contributed by atoms with Crippen LogP contribution in [0, 0.1) is 13.8 Å². The van der Waals surface area contributed by atoms with E-state index in [9.17, 15) is 4.79 Å². The third-order valence-electron chi connectivity index (χ3n) is 1.42. The van der Waals surface area contributed by atoms with Gasteiger partial charge in [0.05, 0.1) is 17.6 Å². The molecule has 0 bridgehead atoms. The average molecular weight is 202 g/mol. The van der Waals surface area contributed by atoms with Gasteiger partial charge in [-0.3, -0.25) is 0 Å². The zero-order valence-electron chi connectivity index (χ0n) is 7.21. The fraction of sp³-hybridized carbons (Fsp3) is 0.375. The molecule has 0 saturated heterocycles. The summed E-state index contributed by atoms with van der Waals surface area (Å²) in [4.78, 5) is 13.4. The zero-order valence-corrected chi connectivity index (χ0v) is 8.84. The molecule has 0 aliphatic heterocycles. The van der Waals surface area contributed by atoms with Gasteiger partial charge in [0.15, 0.2) is 0 Å². The summed E-state index contributed by atoms with van der Waals surface area (Å²) in [5.74, 6) is -0.246. The smallest absolute Gasteiger partial charge is 0.351 e. The fourth-order valence-corrected chi connectivity index (χ4v) is 2.11. The molecule has 0 atom stereocenters. The molecule has 12 heavy (non-hydrogen) atoms. The highest BCUT2D eigenvalue weighted by Gasteiger charge is 2.12. The quantitative estimate of drug-likeness (QED) is 0.690. The molecule has 0 radical (unpaired) electrons. The molecule has 0 N–H and O–H groups in total. The minimum absolute atomic E-state index is 0.246. The Labute approximate surface area is 80.1 Å². The maximum Gasteiger partial charge on any atom is 0.351 e. The Bertz CT molecular complexity index is 291. The maximum absolute atomic E-state index is 11.2. The number of thiophene rings is 1. The van der Waals surface area contributed by atoms with Gasteiger partial charge in [-0.25, -0.2) is 4.79 Å². The largest absolute Gasteiger partial charge is 0.388 e. The van der Waals surface area contributed by atoms with Gasteiger partial charge in [-0.15, -0.1) is 11.3 Å². The molecule has 0 spiro atoms. The predicted molar refractivity (Wildman–Crippen MR) is 52.7 cm³/mol. The molecule has 0 unspecified atom stereocenters. The van der Waals surface area contributed by atoms with Crippen LogP contribution in [0.25, 0.3) is 0 Å². The summed E-state index contributed by atoms with van der Waals surface area (Å²) in [6.07, 6.45) is 1.73. The van der Waals surface area contributed by atoms with Gasteiger partial charge in [0.1, 0.15) is 0 Å². The van der Waals surface area contributed by atoms with Crippen LogP contribution in [0.3, 0.4) is 0 Å². The average Bonchev–Trinajstić information content (AvgIpc) is 2.30. The van der Waals surface area contributed by atoms with Crippen molar-refractivity contribution in [1.82, 2.24) is 0 Å². The van der Waals surface area contributed by atoms with Crippen molar-refractivity contribution in [2.75, 3.05) is 6.26 Å². The Kier molecular flexibility index (Phi) is 3.17.